The molecule has 8 nitrogen and oxygen atoms in total. The third-order valence-corrected chi connectivity index (χ3v) is 5.35. The zero-order chi connectivity index (χ0) is 18.9. The Hall–Kier alpha value is -2.77. The molecule has 3 amide bonds. The maximum atomic E-state index is 12.6. The summed E-state index contributed by atoms with van der Waals surface area (Å²) in [5.41, 5.74) is 0.151. The predicted molar refractivity (Wildman–Crippen MR) is 95.3 cm³/mol. The highest BCUT2D eigenvalue weighted by atomic mass is 16.5. The number of amides is 3. The Bertz CT molecular complexity index is 750. The molecule has 26 heavy (non-hydrogen) atoms. The smallest absolute Gasteiger partial charge is 0.321 e. The van der Waals surface area contributed by atoms with E-state index in [2.05, 4.69) is 10.6 Å². The number of fused-ring (bicyclic) bond motifs is 1. The summed E-state index contributed by atoms with van der Waals surface area (Å²) in [7, 11) is 1.49. The average molecular weight is 361 g/mol. The standard InChI is InChI=1S/C18H23N3O5/c1-11(22)19-14-8-13(5-6-15(14)26-2)20-17(25)21-9-12-4-3-7-18(12,10-21)16(23)24/h5-6,8,12H,3-4,7,9-10H2,1-2H3,(H,19,22)(H,20,25)(H,23,24)/t12-,18+/m0/s1. The molecule has 1 heterocycles. The van der Waals surface area contributed by atoms with Gasteiger partial charge in [-0.05, 0) is 37.0 Å². The van der Waals surface area contributed by atoms with Crippen molar-refractivity contribution in [2.24, 2.45) is 11.3 Å². The minimum atomic E-state index is -0.812. The van der Waals surface area contributed by atoms with Crippen molar-refractivity contribution in [3.8, 4) is 5.75 Å². The van der Waals surface area contributed by atoms with Crippen molar-refractivity contribution in [3.05, 3.63) is 18.2 Å². The van der Waals surface area contributed by atoms with Gasteiger partial charge in [-0.25, -0.2) is 4.79 Å². The van der Waals surface area contributed by atoms with Crippen molar-refractivity contribution >= 4 is 29.3 Å². The SMILES string of the molecule is COc1ccc(NC(=O)N2C[C@@H]3CCC[C@@]3(C(=O)O)C2)cc1NC(C)=O. The minimum Gasteiger partial charge on any atom is -0.495 e. The fourth-order valence-electron chi connectivity index (χ4n) is 4.07. The lowest BCUT2D eigenvalue weighted by Crippen LogP contribution is -2.38. The summed E-state index contributed by atoms with van der Waals surface area (Å²) in [5, 5.41) is 15.1. The summed E-state index contributed by atoms with van der Waals surface area (Å²) >= 11 is 0. The topological polar surface area (TPSA) is 108 Å². The number of anilines is 2. The van der Waals surface area contributed by atoms with Gasteiger partial charge in [-0.3, -0.25) is 9.59 Å². The molecule has 140 valence electrons. The van der Waals surface area contributed by atoms with Crippen LogP contribution in [0.5, 0.6) is 5.75 Å². The number of ether oxygens (including phenoxy) is 1. The number of rotatable bonds is 4. The molecule has 0 aromatic heterocycles. The van der Waals surface area contributed by atoms with Crippen LogP contribution in [0.3, 0.4) is 0 Å². The van der Waals surface area contributed by atoms with Gasteiger partial charge in [0.15, 0.2) is 0 Å². The van der Waals surface area contributed by atoms with Crippen molar-refractivity contribution in [1.29, 1.82) is 0 Å². The lowest BCUT2D eigenvalue weighted by atomic mass is 9.81. The number of carboxylic acids is 1. The number of nitrogens with one attached hydrogen (secondary N) is 2. The summed E-state index contributed by atoms with van der Waals surface area (Å²) in [6, 6.07) is 4.60. The van der Waals surface area contributed by atoms with E-state index >= 15 is 0 Å². The number of methoxy groups -OCH3 is 1. The van der Waals surface area contributed by atoms with E-state index < -0.39 is 11.4 Å². The highest BCUT2D eigenvalue weighted by Crippen LogP contribution is 2.49. The van der Waals surface area contributed by atoms with Gasteiger partial charge in [0.05, 0.1) is 18.2 Å². The highest BCUT2D eigenvalue weighted by Gasteiger charge is 2.55. The molecule has 1 saturated heterocycles. The van der Waals surface area contributed by atoms with E-state index in [1.807, 2.05) is 0 Å². The largest absolute Gasteiger partial charge is 0.495 e. The van der Waals surface area contributed by atoms with Gasteiger partial charge in [0.2, 0.25) is 5.91 Å². The Morgan fingerprint density at radius 2 is 2.08 bits per heavy atom. The fourth-order valence-corrected chi connectivity index (χ4v) is 4.07. The number of hydrogen-bond donors (Lipinski definition) is 3. The van der Waals surface area contributed by atoms with Gasteiger partial charge in [0.1, 0.15) is 5.75 Å². The molecule has 1 aliphatic heterocycles. The van der Waals surface area contributed by atoms with Crippen LogP contribution in [0, 0.1) is 11.3 Å². The van der Waals surface area contributed by atoms with E-state index in [0.29, 0.717) is 30.1 Å². The maximum absolute atomic E-state index is 12.6. The predicted octanol–water partition coefficient (Wildman–Crippen LogP) is 2.37. The Balaban J connectivity index is 1.73. The van der Waals surface area contributed by atoms with E-state index in [9.17, 15) is 19.5 Å². The second-order valence-electron chi connectivity index (χ2n) is 6.96. The van der Waals surface area contributed by atoms with E-state index in [1.165, 1.54) is 14.0 Å². The number of carbonyl (C=O) groups excluding carboxylic acids is 2. The van der Waals surface area contributed by atoms with Crippen molar-refractivity contribution < 1.29 is 24.2 Å². The van der Waals surface area contributed by atoms with E-state index in [4.69, 9.17) is 4.74 Å². The van der Waals surface area contributed by atoms with Crippen molar-refractivity contribution in [1.82, 2.24) is 4.90 Å². The Morgan fingerprint density at radius 1 is 1.31 bits per heavy atom. The number of urea groups is 1. The molecular formula is C18H23N3O5. The molecule has 3 N–H and O–H groups in total. The van der Waals surface area contributed by atoms with Crippen LogP contribution in [0.25, 0.3) is 0 Å². The van der Waals surface area contributed by atoms with Gasteiger partial charge >= 0.3 is 12.0 Å². The molecule has 0 bridgehead atoms. The monoisotopic (exact) mass is 361 g/mol. The van der Waals surface area contributed by atoms with Crippen LogP contribution >= 0.6 is 0 Å². The zero-order valence-corrected chi connectivity index (χ0v) is 14.9. The second-order valence-corrected chi connectivity index (χ2v) is 6.96. The molecule has 3 rings (SSSR count). The van der Waals surface area contributed by atoms with Crippen LogP contribution in [0.2, 0.25) is 0 Å². The van der Waals surface area contributed by atoms with E-state index in [0.717, 1.165) is 12.8 Å². The number of carbonyl (C=O) groups is 3. The summed E-state index contributed by atoms with van der Waals surface area (Å²) in [5.74, 6) is -0.564. The van der Waals surface area contributed by atoms with Gasteiger partial charge < -0.3 is 25.4 Å². The van der Waals surface area contributed by atoms with Gasteiger partial charge in [0.25, 0.3) is 0 Å². The normalized spacial score (nSPS) is 24.1. The van der Waals surface area contributed by atoms with E-state index in [-0.39, 0.29) is 24.4 Å². The summed E-state index contributed by atoms with van der Waals surface area (Å²) in [6.45, 7) is 2.07. The second kappa shape index (κ2) is 6.86. The van der Waals surface area contributed by atoms with Crippen LogP contribution in [-0.4, -0.2) is 48.1 Å². The number of nitrogens with zero attached hydrogens (tertiary/aromatic N) is 1. The molecule has 1 aromatic carbocycles. The molecule has 2 aliphatic rings. The van der Waals surface area contributed by atoms with Crippen molar-refractivity contribution in [2.45, 2.75) is 26.2 Å². The first-order valence-corrected chi connectivity index (χ1v) is 8.60. The van der Waals surface area contributed by atoms with Gasteiger partial charge in [-0.1, -0.05) is 6.42 Å². The van der Waals surface area contributed by atoms with Crippen LogP contribution < -0.4 is 15.4 Å². The fraction of sp³-hybridized carbons (Fsp3) is 0.500. The number of benzene rings is 1. The Labute approximate surface area is 151 Å². The molecule has 0 unspecified atom stereocenters. The summed E-state index contributed by atoms with van der Waals surface area (Å²) in [6.07, 6.45) is 2.35. The zero-order valence-electron chi connectivity index (χ0n) is 14.9. The Morgan fingerprint density at radius 3 is 2.69 bits per heavy atom. The third-order valence-electron chi connectivity index (χ3n) is 5.35. The van der Waals surface area contributed by atoms with Gasteiger partial charge in [0, 0.05) is 25.7 Å². The molecule has 1 saturated carbocycles. The molecule has 0 radical (unpaired) electrons. The first-order chi connectivity index (χ1) is 12.4. The maximum Gasteiger partial charge on any atom is 0.321 e. The highest BCUT2D eigenvalue weighted by molar-refractivity contribution is 5.94. The van der Waals surface area contributed by atoms with Crippen LogP contribution in [-0.2, 0) is 9.59 Å². The van der Waals surface area contributed by atoms with Crippen molar-refractivity contribution in [3.63, 3.8) is 0 Å². The summed E-state index contributed by atoms with van der Waals surface area (Å²) < 4.78 is 5.19. The molecule has 1 aliphatic carbocycles. The van der Waals surface area contributed by atoms with Crippen LogP contribution in [0.4, 0.5) is 16.2 Å². The van der Waals surface area contributed by atoms with Crippen LogP contribution in [0.15, 0.2) is 18.2 Å². The molecule has 2 atom stereocenters. The van der Waals surface area contributed by atoms with Gasteiger partial charge in [-0.2, -0.15) is 0 Å². The molecule has 8 heteroatoms. The summed E-state index contributed by atoms with van der Waals surface area (Å²) in [4.78, 5) is 37.2. The number of likely N-dealkylation sites (tertiary alicyclic amines) is 1. The third kappa shape index (κ3) is 3.18. The Kier molecular flexibility index (Phi) is 4.76. The molecule has 0 spiro atoms. The molecule has 2 fully saturated rings. The number of aliphatic carboxylic acids is 1. The van der Waals surface area contributed by atoms with Crippen LogP contribution in [0.1, 0.15) is 26.2 Å². The number of hydrogen-bond acceptors (Lipinski definition) is 4. The first kappa shape index (κ1) is 18.0. The van der Waals surface area contributed by atoms with Gasteiger partial charge in [-0.15, -0.1) is 0 Å². The molecular weight excluding hydrogens is 338 g/mol. The minimum absolute atomic E-state index is 0.0107. The lowest BCUT2D eigenvalue weighted by Gasteiger charge is -2.23. The van der Waals surface area contributed by atoms with Crippen molar-refractivity contribution in [2.75, 3.05) is 30.8 Å². The quantitative estimate of drug-likeness (QED) is 0.763. The first-order valence-electron chi connectivity index (χ1n) is 8.60. The average Bonchev–Trinajstić information content (AvgIpc) is 3.12. The lowest BCUT2D eigenvalue weighted by molar-refractivity contribution is -0.149. The number of carboxylic acid groups (broad SMARTS) is 1. The molecule has 1 aromatic rings. The van der Waals surface area contributed by atoms with E-state index in [1.54, 1.807) is 23.1 Å².